The summed E-state index contributed by atoms with van der Waals surface area (Å²) in [6.45, 7) is 12.2. The normalized spacial score (nSPS) is 39.5. The summed E-state index contributed by atoms with van der Waals surface area (Å²) in [6.07, 6.45) is 8.42. The average Bonchev–Trinajstić information content (AvgIpc) is 2.52. The van der Waals surface area contributed by atoms with E-state index in [1.165, 1.54) is 64.7 Å². The Bertz CT molecular complexity index is 253. The molecule has 2 rings (SSSR count). The van der Waals surface area contributed by atoms with Gasteiger partial charge in [-0.05, 0) is 57.5 Å². The molecule has 1 saturated heterocycles. The van der Waals surface area contributed by atoms with Crippen molar-refractivity contribution in [1.82, 2.24) is 10.2 Å². The Morgan fingerprint density at radius 2 is 2.11 bits per heavy atom. The van der Waals surface area contributed by atoms with Crippen molar-refractivity contribution in [2.24, 2.45) is 11.8 Å². The van der Waals surface area contributed by atoms with E-state index in [9.17, 15) is 0 Å². The van der Waals surface area contributed by atoms with E-state index >= 15 is 0 Å². The fourth-order valence-corrected chi connectivity index (χ4v) is 3.80. The summed E-state index contributed by atoms with van der Waals surface area (Å²) in [6, 6.07) is 0. The van der Waals surface area contributed by atoms with E-state index in [-0.39, 0.29) is 0 Å². The van der Waals surface area contributed by atoms with Crippen LogP contribution in [0.3, 0.4) is 0 Å². The monoisotopic (exact) mass is 252 g/mol. The minimum absolute atomic E-state index is 0.344. The van der Waals surface area contributed by atoms with E-state index < -0.39 is 0 Å². The Morgan fingerprint density at radius 3 is 2.83 bits per heavy atom. The van der Waals surface area contributed by atoms with Gasteiger partial charge in [-0.3, -0.25) is 0 Å². The molecule has 1 aliphatic heterocycles. The molecule has 1 heterocycles. The average molecular weight is 252 g/mol. The second-order valence-corrected chi connectivity index (χ2v) is 7.07. The van der Waals surface area contributed by atoms with Crippen LogP contribution in [0.4, 0.5) is 0 Å². The van der Waals surface area contributed by atoms with E-state index in [4.69, 9.17) is 0 Å². The van der Waals surface area contributed by atoms with Crippen molar-refractivity contribution >= 4 is 0 Å². The molecule has 2 nitrogen and oxygen atoms in total. The van der Waals surface area contributed by atoms with Crippen LogP contribution in [0, 0.1) is 11.8 Å². The molecule has 3 atom stereocenters. The van der Waals surface area contributed by atoms with Crippen LogP contribution in [0.2, 0.25) is 0 Å². The van der Waals surface area contributed by atoms with Crippen molar-refractivity contribution in [3.05, 3.63) is 0 Å². The standard InChI is InChI=1S/C16H32N2/c1-4-16(3)13-18(10-6-9-17-16)12-15-8-5-7-14(2)11-15/h14-15,17H,4-13H2,1-3H3. The molecule has 3 unspecified atom stereocenters. The summed E-state index contributed by atoms with van der Waals surface area (Å²) in [5.41, 5.74) is 0.344. The van der Waals surface area contributed by atoms with Crippen LogP contribution in [-0.2, 0) is 0 Å². The molecule has 0 amide bonds. The molecule has 18 heavy (non-hydrogen) atoms. The Balaban J connectivity index is 1.87. The fourth-order valence-electron chi connectivity index (χ4n) is 3.80. The largest absolute Gasteiger partial charge is 0.310 e. The summed E-state index contributed by atoms with van der Waals surface area (Å²) in [7, 11) is 0. The minimum atomic E-state index is 0.344. The van der Waals surface area contributed by atoms with Crippen LogP contribution in [0.5, 0.6) is 0 Å². The number of hydrogen-bond donors (Lipinski definition) is 1. The van der Waals surface area contributed by atoms with Gasteiger partial charge in [0.1, 0.15) is 0 Å². The number of rotatable bonds is 3. The quantitative estimate of drug-likeness (QED) is 0.829. The van der Waals surface area contributed by atoms with Crippen LogP contribution >= 0.6 is 0 Å². The van der Waals surface area contributed by atoms with Gasteiger partial charge in [0.15, 0.2) is 0 Å². The number of nitrogens with one attached hydrogen (secondary N) is 1. The van der Waals surface area contributed by atoms with Gasteiger partial charge in [0.2, 0.25) is 0 Å². The van der Waals surface area contributed by atoms with Crippen LogP contribution < -0.4 is 5.32 Å². The van der Waals surface area contributed by atoms with Gasteiger partial charge in [-0.2, -0.15) is 0 Å². The zero-order valence-electron chi connectivity index (χ0n) is 12.7. The molecule has 1 aliphatic carbocycles. The highest BCUT2D eigenvalue weighted by atomic mass is 15.2. The lowest BCUT2D eigenvalue weighted by Gasteiger charge is -2.36. The number of hydrogen-bond acceptors (Lipinski definition) is 2. The van der Waals surface area contributed by atoms with Crippen molar-refractivity contribution in [2.45, 2.75) is 64.8 Å². The Kier molecular flexibility index (Phi) is 5.08. The minimum Gasteiger partial charge on any atom is -0.310 e. The first-order valence-electron chi connectivity index (χ1n) is 8.09. The lowest BCUT2D eigenvalue weighted by atomic mass is 9.82. The van der Waals surface area contributed by atoms with Gasteiger partial charge in [0.25, 0.3) is 0 Å². The third-order valence-corrected chi connectivity index (χ3v) is 5.12. The Labute approximate surface area is 114 Å². The second kappa shape index (κ2) is 6.38. The first-order chi connectivity index (χ1) is 8.61. The highest BCUT2D eigenvalue weighted by molar-refractivity contribution is 4.89. The van der Waals surface area contributed by atoms with Gasteiger partial charge in [-0.1, -0.05) is 26.7 Å². The zero-order chi connectivity index (χ0) is 13.0. The summed E-state index contributed by atoms with van der Waals surface area (Å²) >= 11 is 0. The maximum Gasteiger partial charge on any atom is 0.0277 e. The van der Waals surface area contributed by atoms with Gasteiger partial charge in [0.05, 0.1) is 0 Å². The van der Waals surface area contributed by atoms with E-state index in [2.05, 4.69) is 31.0 Å². The zero-order valence-corrected chi connectivity index (χ0v) is 12.7. The van der Waals surface area contributed by atoms with E-state index in [1.807, 2.05) is 0 Å². The van der Waals surface area contributed by atoms with Crippen molar-refractivity contribution in [3.8, 4) is 0 Å². The molecule has 1 saturated carbocycles. The molecule has 2 heteroatoms. The second-order valence-electron chi connectivity index (χ2n) is 7.07. The van der Waals surface area contributed by atoms with Gasteiger partial charge in [-0.15, -0.1) is 0 Å². The van der Waals surface area contributed by atoms with Gasteiger partial charge >= 0.3 is 0 Å². The van der Waals surface area contributed by atoms with E-state index in [1.54, 1.807) is 0 Å². The SMILES string of the molecule is CCC1(C)CN(CC2CCCC(C)C2)CCCN1. The van der Waals surface area contributed by atoms with Gasteiger partial charge in [-0.25, -0.2) is 0 Å². The van der Waals surface area contributed by atoms with Crippen LogP contribution in [0.1, 0.15) is 59.3 Å². The summed E-state index contributed by atoms with van der Waals surface area (Å²) < 4.78 is 0. The van der Waals surface area contributed by atoms with Crippen molar-refractivity contribution < 1.29 is 0 Å². The topological polar surface area (TPSA) is 15.3 Å². The summed E-state index contributed by atoms with van der Waals surface area (Å²) in [5.74, 6) is 1.93. The van der Waals surface area contributed by atoms with Crippen LogP contribution in [0.25, 0.3) is 0 Å². The van der Waals surface area contributed by atoms with Crippen molar-refractivity contribution in [3.63, 3.8) is 0 Å². The first kappa shape index (κ1) is 14.3. The van der Waals surface area contributed by atoms with Gasteiger partial charge < -0.3 is 10.2 Å². The smallest absolute Gasteiger partial charge is 0.0277 e. The molecule has 0 aromatic carbocycles. The molecule has 0 spiro atoms. The maximum atomic E-state index is 3.74. The molecular formula is C16H32N2. The molecule has 106 valence electrons. The summed E-state index contributed by atoms with van der Waals surface area (Å²) in [4.78, 5) is 2.74. The summed E-state index contributed by atoms with van der Waals surface area (Å²) in [5, 5.41) is 3.74. The third kappa shape index (κ3) is 3.96. The van der Waals surface area contributed by atoms with Gasteiger partial charge in [0, 0.05) is 18.6 Å². The lowest BCUT2D eigenvalue weighted by molar-refractivity contribution is 0.156. The van der Waals surface area contributed by atoms with E-state index in [0.29, 0.717) is 5.54 Å². The highest BCUT2D eigenvalue weighted by Crippen LogP contribution is 2.29. The van der Waals surface area contributed by atoms with Crippen molar-refractivity contribution in [2.75, 3.05) is 26.2 Å². The Hall–Kier alpha value is -0.0800. The lowest BCUT2D eigenvalue weighted by Crippen LogP contribution is -2.49. The molecule has 2 fully saturated rings. The molecule has 1 N–H and O–H groups in total. The molecular weight excluding hydrogens is 220 g/mol. The Morgan fingerprint density at radius 1 is 1.28 bits per heavy atom. The maximum absolute atomic E-state index is 3.74. The predicted octanol–water partition coefficient (Wildman–Crippen LogP) is 3.28. The molecule has 0 bridgehead atoms. The fraction of sp³-hybridized carbons (Fsp3) is 1.00. The van der Waals surface area contributed by atoms with Crippen LogP contribution in [-0.4, -0.2) is 36.6 Å². The van der Waals surface area contributed by atoms with Crippen molar-refractivity contribution in [1.29, 1.82) is 0 Å². The first-order valence-corrected chi connectivity index (χ1v) is 8.09. The third-order valence-electron chi connectivity index (χ3n) is 5.12. The molecule has 0 aromatic rings. The number of nitrogens with zero attached hydrogens (tertiary/aromatic N) is 1. The molecule has 0 radical (unpaired) electrons. The highest BCUT2D eigenvalue weighted by Gasteiger charge is 2.29. The van der Waals surface area contributed by atoms with E-state index in [0.717, 1.165) is 11.8 Å². The van der Waals surface area contributed by atoms with Crippen LogP contribution in [0.15, 0.2) is 0 Å². The molecule has 0 aromatic heterocycles. The molecule has 2 aliphatic rings. The predicted molar refractivity (Wildman–Crippen MR) is 78.9 cm³/mol.